The Morgan fingerprint density at radius 1 is 1.55 bits per heavy atom. The van der Waals surface area contributed by atoms with Crippen LogP contribution in [0.5, 0.6) is 0 Å². The Labute approximate surface area is 119 Å². The van der Waals surface area contributed by atoms with Crippen molar-refractivity contribution in [1.82, 2.24) is 25.7 Å². The van der Waals surface area contributed by atoms with Gasteiger partial charge in [0.2, 0.25) is 11.8 Å². The lowest BCUT2D eigenvalue weighted by molar-refractivity contribution is -0.126. The van der Waals surface area contributed by atoms with Gasteiger partial charge >= 0.3 is 0 Å². The molecule has 2 heterocycles. The summed E-state index contributed by atoms with van der Waals surface area (Å²) < 4.78 is 5.29. The first-order valence-electron chi connectivity index (χ1n) is 6.91. The molecule has 7 heteroatoms. The van der Waals surface area contributed by atoms with Crippen LogP contribution in [-0.2, 0) is 16.8 Å². The maximum atomic E-state index is 11.9. The fourth-order valence-corrected chi connectivity index (χ4v) is 2.17. The second-order valence-corrected chi connectivity index (χ2v) is 6.07. The fourth-order valence-electron chi connectivity index (χ4n) is 2.17. The molecule has 7 nitrogen and oxygen atoms in total. The van der Waals surface area contributed by atoms with E-state index >= 15 is 0 Å². The summed E-state index contributed by atoms with van der Waals surface area (Å²) in [5.74, 6) is 1.27. The second-order valence-electron chi connectivity index (χ2n) is 6.07. The molecule has 20 heavy (non-hydrogen) atoms. The normalized spacial score (nSPS) is 20.9. The van der Waals surface area contributed by atoms with Gasteiger partial charge in [-0.2, -0.15) is 4.98 Å². The smallest absolute Gasteiger partial charge is 0.238 e. The molecule has 1 aliphatic rings. The van der Waals surface area contributed by atoms with Gasteiger partial charge in [0.25, 0.3) is 0 Å². The third-order valence-electron chi connectivity index (χ3n) is 3.36. The average Bonchev–Trinajstić information content (AvgIpc) is 2.87. The molecule has 0 saturated carbocycles. The molecule has 1 saturated heterocycles. The molecule has 1 fully saturated rings. The maximum Gasteiger partial charge on any atom is 0.238 e. The van der Waals surface area contributed by atoms with Crippen molar-refractivity contribution in [2.45, 2.75) is 38.8 Å². The molecule has 0 bridgehead atoms. The van der Waals surface area contributed by atoms with E-state index in [1.165, 1.54) is 0 Å². The number of rotatable bonds is 3. The molecular weight excluding hydrogens is 258 g/mol. The van der Waals surface area contributed by atoms with Crippen LogP contribution in [0.3, 0.4) is 0 Å². The largest absolute Gasteiger partial charge is 0.358 e. The minimum absolute atomic E-state index is 0.0109. The third-order valence-corrected chi connectivity index (χ3v) is 3.36. The zero-order chi connectivity index (χ0) is 14.8. The van der Waals surface area contributed by atoms with Crippen LogP contribution in [0.2, 0.25) is 0 Å². The van der Waals surface area contributed by atoms with Crippen LogP contribution >= 0.6 is 0 Å². The number of hydrogen-bond donors (Lipinski definition) is 2. The third kappa shape index (κ3) is 3.34. The monoisotopic (exact) mass is 281 g/mol. The number of likely N-dealkylation sites (N-methyl/N-ethyl adjacent to an activating group) is 1. The highest BCUT2D eigenvalue weighted by atomic mass is 16.5. The number of piperazine rings is 1. The van der Waals surface area contributed by atoms with Crippen LogP contribution < -0.4 is 10.6 Å². The summed E-state index contributed by atoms with van der Waals surface area (Å²) >= 11 is 0. The topological polar surface area (TPSA) is 83.3 Å². The molecule has 1 aromatic rings. The number of nitrogens with one attached hydrogen (secondary N) is 2. The quantitative estimate of drug-likeness (QED) is 0.804. The molecule has 1 amide bonds. The molecule has 2 rings (SSSR count). The van der Waals surface area contributed by atoms with Crippen LogP contribution in [0.25, 0.3) is 0 Å². The Hall–Kier alpha value is -1.47. The van der Waals surface area contributed by atoms with Crippen molar-refractivity contribution < 1.29 is 9.32 Å². The highest BCUT2D eigenvalue weighted by Crippen LogP contribution is 2.20. The number of aromatic nitrogens is 2. The Morgan fingerprint density at radius 3 is 2.90 bits per heavy atom. The van der Waals surface area contributed by atoms with E-state index in [-0.39, 0.29) is 17.4 Å². The molecule has 1 unspecified atom stereocenters. The first-order valence-corrected chi connectivity index (χ1v) is 6.91. The van der Waals surface area contributed by atoms with Gasteiger partial charge in [0.05, 0.1) is 6.54 Å². The van der Waals surface area contributed by atoms with Crippen LogP contribution in [0.1, 0.15) is 32.5 Å². The second kappa shape index (κ2) is 5.88. The van der Waals surface area contributed by atoms with E-state index in [2.05, 4.69) is 25.7 Å². The van der Waals surface area contributed by atoms with Crippen LogP contribution in [-0.4, -0.2) is 53.7 Å². The van der Waals surface area contributed by atoms with Gasteiger partial charge in [0, 0.05) is 32.1 Å². The lowest BCUT2D eigenvalue weighted by Crippen LogP contribution is -2.57. The molecule has 1 aliphatic heterocycles. The van der Waals surface area contributed by atoms with Gasteiger partial charge in [0.15, 0.2) is 5.82 Å². The summed E-state index contributed by atoms with van der Waals surface area (Å²) in [5, 5.41) is 9.94. The van der Waals surface area contributed by atoms with E-state index in [0.29, 0.717) is 24.8 Å². The molecular formula is C13H23N5O2. The van der Waals surface area contributed by atoms with Crippen molar-refractivity contribution >= 4 is 5.91 Å². The summed E-state index contributed by atoms with van der Waals surface area (Å²) in [4.78, 5) is 18.4. The fraction of sp³-hybridized carbons (Fsp3) is 0.769. The minimum Gasteiger partial charge on any atom is -0.358 e. The van der Waals surface area contributed by atoms with Gasteiger partial charge in [-0.05, 0) is 0 Å². The molecule has 0 aliphatic carbocycles. The van der Waals surface area contributed by atoms with Crippen LogP contribution in [0, 0.1) is 0 Å². The SMILES string of the molecule is CNC(=O)C1CNCCN1Cc1noc(C(C)(C)C)n1. The first-order chi connectivity index (χ1) is 9.41. The number of nitrogens with zero attached hydrogens (tertiary/aromatic N) is 3. The van der Waals surface area contributed by atoms with Gasteiger partial charge in [-0.15, -0.1) is 0 Å². The van der Waals surface area contributed by atoms with Gasteiger partial charge in [-0.3, -0.25) is 9.69 Å². The first kappa shape index (κ1) is 14.9. The van der Waals surface area contributed by atoms with Gasteiger partial charge in [-0.25, -0.2) is 0 Å². The van der Waals surface area contributed by atoms with E-state index in [9.17, 15) is 4.79 Å². The lowest BCUT2D eigenvalue weighted by atomic mass is 9.97. The van der Waals surface area contributed by atoms with Crippen molar-refractivity contribution in [3.8, 4) is 0 Å². The molecule has 0 radical (unpaired) electrons. The van der Waals surface area contributed by atoms with Gasteiger partial charge in [-0.1, -0.05) is 25.9 Å². The Bertz CT molecular complexity index is 466. The molecule has 2 N–H and O–H groups in total. The van der Waals surface area contributed by atoms with Crippen molar-refractivity contribution in [3.05, 3.63) is 11.7 Å². The molecule has 1 aromatic heterocycles. The Kier molecular flexibility index (Phi) is 4.39. The lowest BCUT2D eigenvalue weighted by Gasteiger charge is -2.33. The number of amides is 1. The summed E-state index contributed by atoms with van der Waals surface area (Å²) in [6, 6.07) is -0.190. The summed E-state index contributed by atoms with van der Waals surface area (Å²) in [7, 11) is 1.65. The maximum absolute atomic E-state index is 11.9. The van der Waals surface area contributed by atoms with Gasteiger partial charge < -0.3 is 15.2 Å². The van der Waals surface area contributed by atoms with E-state index < -0.39 is 0 Å². The van der Waals surface area contributed by atoms with Crippen LogP contribution in [0.15, 0.2) is 4.52 Å². The number of carbonyl (C=O) groups excluding carboxylic acids is 1. The summed E-state index contributed by atoms with van der Waals surface area (Å²) in [6.07, 6.45) is 0. The summed E-state index contributed by atoms with van der Waals surface area (Å²) in [5.41, 5.74) is -0.158. The zero-order valence-corrected chi connectivity index (χ0v) is 12.6. The number of carbonyl (C=O) groups is 1. The van der Waals surface area contributed by atoms with E-state index in [0.717, 1.165) is 13.1 Å². The van der Waals surface area contributed by atoms with Crippen LogP contribution in [0.4, 0.5) is 0 Å². The molecule has 0 aromatic carbocycles. The standard InChI is InChI=1S/C13H23N5O2/c1-13(2,3)12-16-10(17-20-12)8-18-6-5-15-7-9(18)11(19)14-4/h9,15H,5-8H2,1-4H3,(H,14,19). The number of hydrogen-bond acceptors (Lipinski definition) is 6. The van der Waals surface area contributed by atoms with Crippen molar-refractivity contribution in [2.24, 2.45) is 0 Å². The zero-order valence-electron chi connectivity index (χ0n) is 12.6. The molecule has 112 valence electrons. The van der Waals surface area contributed by atoms with E-state index in [4.69, 9.17) is 4.52 Å². The highest BCUT2D eigenvalue weighted by molar-refractivity contribution is 5.81. The highest BCUT2D eigenvalue weighted by Gasteiger charge is 2.29. The predicted octanol–water partition coefficient (Wildman–Crippen LogP) is -0.113. The molecule has 0 spiro atoms. The predicted molar refractivity (Wildman–Crippen MR) is 74.1 cm³/mol. The van der Waals surface area contributed by atoms with Crippen molar-refractivity contribution in [2.75, 3.05) is 26.7 Å². The minimum atomic E-state index is -0.190. The Balaban J connectivity index is 2.07. The molecule has 1 atom stereocenters. The van der Waals surface area contributed by atoms with E-state index in [1.807, 2.05) is 20.8 Å². The average molecular weight is 281 g/mol. The van der Waals surface area contributed by atoms with Crippen molar-refractivity contribution in [1.29, 1.82) is 0 Å². The van der Waals surface area contributed by atoms with E-state index in [1.54, 1.807) is 7.05 Å². The van der Waals surface area contributed by atoms with Crippen molar-refractivity contribution in [3.63, 3.8) is 0 Å². The van der Waals surface area contributed by atoms with Gasteiger partial charge in [0.1, 0.15) is 6.04 Å². The summed E-state index contributed by atoms with van der Waals surface area (Å²) in [6.45, 7) is 8.91. The Morgan fingerprint density at radius 2 is 2.30 bits per heavy atom.